The first-order valence-electron chi connectivity index (χ1n) is 8.86. The summed E-state index contributed by atoms with van der Waals surface area (Å²) < 4.78 is 26.9. The minimum Gasteiger partial charge on any atom is -0.322 e. The number of piperidine rings is 1. The van der Waals surface area contributed by atoms with Gasteiger partial charge in [0.05, 0.1) is 4.90 Å². The lowest BCUT2D eigenvalue weighted by Crippen LogP contribution is -2.35. The molecule has 0 saturated carbocycles. The molecule has 1 aliphatic rings. The first-order chi connectivity index (χ1) is 12.4. The average Bonchev–Trinajstić information content (AvgIpc) is 2.62. The Kier molecular flexibility index (Phi) is 5.44. The van der Waals surface area contributed by atoms with E-state index >= 15 is 0 Å². The SMILES string of the molecule is Cc1cc(C)cc(C(=O)Nc2ccc(S(=O)(=O)N3CCCCC3)cc2)c1. The summed E-state index contributed by atoms with van der Waals surface area (Å²) in [6, 6.07) is 12.1. The summed E-state index contributed by atoms with van der Waals surface area (Å²) in [5.74, 6) is -0.205. The highest BCUT2D eigenvalue weighted by Gasteiger charge is 2.25. The van der Waals surface area contributed by atoms with Crippen LogP contribution < -0.4 is 5.32 Å². The number of hydrogen-bond acceptors (Lipinski definition) is 3. The van der Waals surface area contributed by atoms with Crippen LogP contribution in [0.2, 0.25) is 0 Å². The van der Waals surface area contributed by atoms with Gasteiger partial charge in [-0.05, 0) is 63.1 Å². The van der Waals surface area contributed by atoms with Gasteiger partial charge in [-0.1, -0.05) is 23.6 Å². The van der Waals surface area contributed by atoms with Crippen LogP contribution in [-0.4, -0.2) is 31.7 Å². The van der Waals surface area contributed by atoms with Crippen LogP contribution in [-0.2, 0) is 10.0 Å². The van der Waals surface area contributed by atoms with Crippen molar-refractivity contribution in [1.29, 1.82) is 0 Å². The maximum Gasteiger partial charge on any atom is 0.255 e. The molecule has 0 unspecified atom stereocenters. The third-order valence-electron chi connectivity index (χ3n) is 4.55. The van der Waals surface area contributed by atoms with Crippen molar-refractivity contribution in [2.75, 3.05) is 18.4 Å². The summed E-state index contributed by atoms with van der Waals surface area (Å²) >= 11 is 0. The van der Waals surface area contributed by atoms with Crippen molar-refractivity contribution >= 4 is 21.6 Å². The number of amides is 1. The van der Waals surface area contributed by atoms with Gasteiger partial charge in [0.25, 0.3) is 5.91 Å². The van der Waals surface area contributed by atoms with Gasteiger partial charge in [0, 0.05) is 24.3 Å². The Morgan fingerprint density at radius 1 is 0.923 bits per heavy atom. The predicted octanol–water partition coefficient (Wildman–Crippen LogP) is 3.73. The predicted molar refractivity (Wildman–Crippen MR) is 103 cm³/mol. The minimum absolute atomic E-state index is 0.205. The van der Waals surface area contributed by atoms with Crippen molar-refractivity contribution in [2.24, 2.45) is 0 Å². The van der Waals surface area contributed by atoms with E-state index in [2.05, 4.69) is 5.32 Å². The fourth-order valence-corrected chi connectivity index (χ4v) is 4.79. The zero-order chi connectivity index (χ0) is 18.7. The molecule has 138 valence electrons. The Labute approximate surface area is 155 Å². The second-order valence-electron chi connectivity index (χ2n) is 6.82. The van der Waals surface area contributed by atoms with E-state index in [1.54, 1.807) is 28.6 Å². The summed E-state index contributed by atoms with van der Waals surface area (Å²) in [6.45, 7) is 5.05. The van der Waals surface area contributed by atoms with E-state index in [4.69, 9.17) is 0 Å². The molecule has 1 amide bonds. The number of hydrogen-bond donors (Lipinski definition) is 1. The third-order valence-corrected chi connectivity index (χ3v) is 6.46. The van der Waals surface area contributed by atoms with Crippen LogP contribution in [0.25, 0.3) is 0 Å². The zero-order valence-corrected chi connectivity index (χ0v) is 16.0. The molecule has 1 heterocycles. The Bertz CT molecular complexity index is 879. The van der Waals surface area contributed by atoms with Gasteiger partial charge < -0.3 is 5.32 Å². The van der Waals surface area contributed by atoms with Crippen molar-refractivity contribution in [1.82, 2.24) is 4.31 Å². The molecule has 0 radical (unpaired) electrons. The summed E-state index contributed by atoms with van der Waals surface area (Å²) in [5, 5.41) is 2.82. The number of anilines is 1. The monoisotopic (exact) mass is 372 g/mol. The Morgan fingerprint density at radius 3 is 2.08 bits per heavy atom. The normalized spacial score (nSPS) is 15.6. The largest absolute Gasteiger partial charge is 0.322 e. The summed E-state index contributed by atoms with van der Waals surface area (Å²) in [5.41, 5.74) is 3.22. The Hall–Kier alpha value is -2.18. The van der Waals surface area contributed by atoms with Crippen molar-refractivity contribution in [2.45, 2.75) is 38.0 Å². The molecule has 1 N–H and O–H groups in total. The molecule has 0 aromatic heterocycles. The molecule has 0 bridgehead atoms. The fourth-order valence-electron chi connectivity index (χ4n) is 3.27. The number of carbonyl (C=O) groups is 1. The number of aryl methyl sites for hydroxylation is 2. The van der Waals surface area contributed by atoms with E-state index in [9.17, 15) is 13.2 Å². The van der Waals surface area contributed by atoms with Gasteiger partial charge in [-0.3, -0.25) is 4.79 Å². The summed E-state index contributed by atoms with van der Waals surface area (Å²) in [6.07, 6.45) is 2.89. The molecule has 0 aliphatic carbocycles. The van der Waals surface area contributed by atoms with Crippen molar-refractivity contribution in [3.8, 4) is 0 Å². The van der Waals surface area contributed by atoms with E-state index in [0.717, 1.165) is 30.4 Å². The molecular formula is C20H24N2O3S. The molecular weight excluding hydrogens is 348 g/mol. The molecule has 1 fully saturated rings. The first-order valence-corrected chi connectivity index (χ1v) is 10.3. The molecule has 6 heteroatoms. The number of nitrogens with one attached hydrogen (secondary N) is 1. The lowest BCUT2D eigenvalue weighted by Gasteiger charge is -2.25. The number of rotatable bonds is 4. The molecule has 1 aliphatic heterocycles. The zero-order valence-electron chi connectivity index (χ0n) is 15.2. The average molecular weight is 372 g/mol. The Morgan fingerprint density at radius 2 is 1.50 bits per heavy atom. The smallest absolute Gasteiger partial charge is 0.255 e. The minimum atomic E-state index is -3.45. The lowest BCUT2D eigenvalue weighted by molar-refractivity contribution is 0.102. The van der Waals surface area contributed by atoms with Gasteiger partial charge in [-0.15, -0.1) is 0 Å². The highest BCUT2D eigenvalue weighted by atomic mass is 32.2. The van der Waals surface area contributed by atoms with Gasteiger partial charge >= 0.3 is 0 Å². The van der Waals surface area contributed by atoms with Crippen LogP contribution in [0.1, 0.15) is 40.7 Å². The Balaban J connectivity index is 1.74. The van der Waals surface area contributed by atoms with E-state index in [1.807, 2.05) is 32.0 Å². The lowest BCUT2D eigenvalue weighted by atomic mass is 10.1. The van der Waals surface area contributed by atoms with Crippen molar-refractivity contribution in [3.63, 3.8) is 0 Å². The molecule has 0 spiro atoms. The molecule has 2 aromatic rings. The summed E-state index contributed by atoms with van der Waals surface area (Å²) in [4.78, 5) is 12.7. The van der Waals surface area contributed by atoms with E-state index in [-0.39, 0.29) is 10.8 Å². The van der Waals surface area contributed by atoms with Gasteiger partial charge in [0.1, 0.15) is 0 Å². The molecule has 5 nitrogen and oxygen atoms in total. The maximum absolute atomic E-state index is 12.7. The second kappa shape index (κ2) is 7.60. The fraction of sp³-hybridized carbons (Fsp3) is 0.350. The highest BCUT2D eigenvalue weighted by Crippen LogP contribution is 2.22. The quantitative estimate of drug-likeness (QED) is 0.889. The van der Waals surface area contributed by atoms with Crippen LogP contribution in [0.4, 0.5) is 5.69 Å². The third kappa shape index (κ3) is 4.14. The molecule has 26 heavy (non-hydrogen) atoms. The van der Waals surface area contributed by atoms with Crippen molar-refractivity contribution < 1.29 is 13.2 Å². The first kappa shape index (κ1) is 18.6. The van der Waals surface area contributed by atoms with E-state index < -0.39 is 10.0 Å². The highest BCUT2D eigenvalue weighted by molar-refractivity contribution is 7.89. The van der Waals surface area contributed by atoms with E-state index in [1.165, 1.54) is 0 Å². The van der Waals surface area contributed by atoms with Crippen LogP contribution in [0, 0.1) is 13.8 Å². The van der Waals surface area contributed by atoms with Crippen LogP contribution in [0.15, 0.2) is 47.4 Å². The summed E-state index contributed by atoms with van der Waals surface area (Å²) in [7, 11) is -3.45. The molecule has 0 atom stereocenters. The second-order valence-corrected chi connectivity index (χ2v) is 8.76. The van der Waals surface area contributed by atoms with Gasteiger partial charge in [-0.25, -0.2) is 8.42 Å². The number of carbonyl (C=O) groups excluding carboxylic acids is 1. The molecule has 1 saturated heterocycles. The molecule has 2 aromatic carbocycles. The van der Waals surface area contributed by atoms with Gasteiger partial charge in [0.15, 0.2) is 0 Å². The van der Waals surface area contributed by atoms with E-state index in [0.29, 0.717) is 24.3 Å². The van der Waals surface area contributed by atoms with Crippen molar-refractivity contribution in [3.05, 3.63) is 59.2 Å². The van der Waals surface area contributed by atoms with Crippen LogP contribution in [0.3, 0.4) is 0 Å². The standard InChI is InChI=1S/C20H24N2O3S/c1-15-12-16(2)14-17(13-15)20(23)21-18-6-8-19(9-7-18)26(24,25)22-10-4-3-5-11-22/h6-9,12-14H,3-5,10-11H2,1-2H3,(H,21,23). The topological polar surface area (TPSA) is 66.5 Å². The number of nitrogens with zero attached hydrogens (tertiary/aromatic N) is 1. The van der Waals surface area contributed by atoms with Gasteiger partial charge in [-0.2, -0.15) is 4.31 Å². The number of benzene rings is 2. The van der Waals surface area contributed by atoms with Crippen LogP contribution >= 0.6 is 0 Å². The maximum atomic E-state index is 12.7. The van der Waals surface area contributed by atoms with Gasteiger partial charge in [0.2, 0.25) is 10.0 Å². The van der Waals surface area contributed by atoms with Crippen LogP contribution in [0.5, 0.6) is 0 Å². The molecule has 3 rings (SSSR count). The number of sulfonamides is 1.